The second-order valence-corrected chi connectivity index (χ2v) is 3.72. The number of hydrogen-bond acceptors (Lipinski definition) is 0. The molecule has 0 N–H and O–H groups in total. The zero-order valence-electron chi connectivity index (χ0n) is 6.55. The van der Waals surface area contributed by atoms with Crippen LogP contribution in [0.15, 0.2) is 0 Å². The van der Waals surface area contributed by atoms with Gasteiger partial charge >= 0.3 is 0 Å². The minimum atomic E-state index is 0.988. The molecule has 0 amide bonds. The Bertz CT molecular complexity index is 85.3. The Morgan fingerprint density at radius 2 is 1.70 bits per heavy atom. The van der Waals surface area contributed by atoms with Crippen LogP contribution in [0.2, 0.25) is 0 Å². The Morgan fingerprint density at radius 3 is 2.50 bits per heavy atom. The maximum absolute atomic E-state index is 4.46. The summed E-state index contributed by atoms with van der Waals surface area (Å²) in [6, 6.07) is 0. The van der Waals surface area contributed by atoms with Crippen LogP contribution in [-0.2, 0) is 0 Å². The van der Waals surface area contributed by atoms with E-state index in [0.29, 0.717) is 0 Å². The van der Waals surface area contributed by atoms with Crippen molar-refractivity contribution in [3.63, 3.8) is 0 Å². The summed E-state index contributed by atoms with van der Waals surface area (Å²) in [5.41, 5.74) is 0. The zero-order chi connectivity index (χ0) is 6.81. The summed E-state index contributed by atoms with van der Waals surface area (Å²) in [5, 5.41) is 4.46. The predicted molar refractivity (Wildman–Crippen MR) is 41.9 cm³/mol. The molecule has 1 nitrogen and oxygen atoms in total. The minimum absolute atomic E-state index is 0.988. The Kier molecular flexibility index (Phi) is 1.94. The maximum Gasteiger partial charge on any atom is 0.0164 e. The first-order valence-corrected chi connectivity index (χ1v) is 4.60. The molecule has 1 aliphatic heterocycles. The molecule has 0 unspecified atom stereocenters. The molecule has 57 valence electrons. The Morgan fingerprint density at radius 1 is 0.900 bits per heavy atom. The zero-order valence-corrected chi connectivity index (χ0v) is 6.55. The van der Waals surface area contributed by atoms with Gasteiger partial charge in [0, 0.05) is 13.1 Å². The van der Waals surface area contributed by atoms with Gasteiger partial charge in [0.1, 0.15) is 0 Å². The first-order chi connectivity index (χ1) is 4.97. The van der Waals surface area contributed by atoms with Crippen molar-refractivity contribution in [1.29, 1.82) is 0 Å². The fourth-order valence-electron chi connectivity index (χ4n) is 2.42. The lowest BCUT2D eigenvalue weighted by Crippen LogP contribution is -2.34. The molecule has 2 fully saturated rings. The third kappa shape index (κ3) is 1.20. The number of nitrogens with zero attached hydrogens (tertiary/aromatic N) is 1. The summed E-state index contributed by atoms with van der Waals surface area (Å²) in [5.74, 6) is 2.05. The fourth-order valence-corrected chi connectivity index (χ4v) is 2.42. The molecule has 1 aliphatic carbocycles. The third-order valence-electron chi connectivity index (χ3n) is 3.09. The lowest BCUT2D eigenvalue weighted by atomic mass is 9.76. The van der Waals surface area contributed by atoms with Crippen molar-refractivity contribution >= 4 is 0 Å². The van der Waals surface area contributed by atoms with Crippen LogP contribution >= 0.6 is 0 Å². The predicted octanol–water partition coefficient (Wildman–Crippen LogP) is 1.80. The second-order valence-electron chi connectivity index (χ2n) is 3.72. The van der Waals surface area contributed by atoms with Crippen molar-refractivity contribution in [2.45, 2.75) is 32.1 Å². The van der Waals surface area contributed by atoms with Crippen molar-refractivity contribution in [3.05, 3.63) is 0 Å². The molecule has 2 aliphatic rings. The summed E-state index contributed by atoms with van der Waals surface area (Å²) < 4.78 is 0. The van der Waals surface area contributed by atoms with Crippen LogP contribution in [0.1, 0.15) is 32.1 Å². The normalized spacial score (nSPS) is 40.8. The molecule has 10 heavy (non-hydrogen) atoms. The number of rotatable bonds is 0. The number of hydrogen-bond donors (Lipinski definition) is 0. The smallest absolute Gasteiger partial charge is 0.0164 e. The van der Waals surface area contributed by atoms with Gasteiger partial charge in [0.25, 0.3) is 0 Å². The highest BCUT2D eigenvalue weighted by atomic mass is 14.9. The van der Waals surface area contributed by atoms with Gasteiger partial charge in [0.2, 0.25) is 0 Å². The van der Waals surface area contributed by atoms with E-state index in [1.807, 2.05) is 0 Å². The summed E-state index contributed by atoms with van der Waals surface area (Å²) in [6.07, 6.45) is 7.32. The first-order valence-electron chi connectivity index (χ1n) is 4.60. The van der Waals surface area contributed by atoms with Crippen LogP contribution in [-0.4, -0.2) is 13.1 Å². The van der Waals surface area contributed by atoms with E-state index in [0.717, 1.165) is 18.4 Å². The molecule has 0 aromatic rings. The van der Waals surface area contributed by atoms with E-state index in [1.54, 1.807) is 0 Å². The summed E-state index contributed by atoms with van der Waals surface area (Å²) in [7, 11) is 0. The van der Waals surface area contributed by atoms with Gasteiger partial charge in [0.15, 0.2) is 0 Å². The van der Waals surface area contributed by atoms with E-state index in [2.05, 4.69) is 5.32 Å². The number of fused-ring (bicyclic) bond motifs is 1. The van der Waals surface area contributed by atoms with Crippen molar-refractivity contribution in [1.82, 2.24) is 5.32 Å². The minimum Gasteiger partial charge on any atom is -0.241 e. The van der Waals surface area contributed by atoms with Gasteiger partial charge in [-0.1, -0.05) is 19.3 Å². The molecule has 1 heteroatoms. The van der Waals surface area contributed by atoms with E-state index in [-0.39, 0.29) is 0 Å². The van der Waals surface area contributed by atoms with Crippen LogP contribution in [0.4, 0.5) is 0 Å². The van der Waals surface area contributed by atoms with E-state index >= 15 is 0 Å². The van der Waals surface area contributed by atoms with Crippen LogP contribution in [0.25, 0.3) is 0 Å². The molecule has 0 bridgehead atoms. The molecule has 2 atom stereocenters. The highest BCUT2D eigenvalue weighted by Gasteiger charge is 2.27. The SMILES string of the molecule is C1CC[C@H]2C[N]CC[C@H]2C1. The first kappa shape index (κ1) is 6.66. The van der Waals surface area contributed by atoms with Crippen molar-refractivity contribution in [2.24, 2.45) is 11.8 Å². The van der Waals surface area contributed by atoms with E-state index < -0.39 is 0 Å². The standard InChI is InChI=1S/C9H16N/c1-2-4-9-7-10-6-5-8(9)3-1/h8-9H,1-7H2/t8-,9+/m1/s1. The van der Waals surface area contributed by atoms with Crippen LogP contribution in [0, 0.1) is 11.8 Å². The average Bonchev–Trinajstić information content (AvgIpc) is 2.05. The molecule has 1 radical (unpaired) electrons. The molecule has 1 heterocycles. The average molecular weight is 138 g/mol. The largest absolute Gasteiger partial charge is 0.241 e. The van der Waals surface area contributed by atoms with Gasteiger partial charge in [-0.05, 0) is 24.7 Å². The highest BCUT2D eigenvalue weighted by molar-refractivity contribution is 4.80. The topological polar surface area (TPSA) is 14.1 Å². The van der Waals surface area contributed by atoms with E-state index in [4.69, 9.17) is 0 Å². The van der Waals surface area contributed by atoms with Gasteiger partial charge in [-0.3, -0.25) is 0 Å². The number of piperidine rings is 1. The Balaban J connectivity index is 1.93. The van der Waals surface area contributed by atoms with Gasteiger partial charge in [-0.15, -0.1) is 0 Å². The van der Waals surface area contributed by atoms with Gasteiger partial charge < -0.3 is 0 Å². The highest BCUT2D eigenvalue weighted by Crippen LogP contribution is 2.33. The monoisotopic (exact) mass is 138 g/mol. The van der Waals surface area contributed by atoms with E-state index in [9.17, 15) is 0 Å². The van der Waals surface area contributed by atoms with Crippen LogP contribution in [0.5, 0.6) is 0 Å². The van der Waals surface area contributed by atoms with Gasteiger partial charge in [0.05, 0.1) is 0 Å². The third-order valence-corrected chi connectivity index (χ3v) is 3.09. The van der Waals surface area contributed by atoms with Crippen molar-refractivity contribution in [2.75, 3.05) is 13.1 Å². The lowest BCUT2D eigenvalue weighted by Gasteiger charge is -2.34. The lowest BCUT2D eigenvalue weighted by molar-refractivity contribution is 0.183. The summed E-state index contributed by atoms with van der Waals surface area (Å²) in [4.78, 5) is 0. The molecule has 0 aromatic carbocycles. The summed E-state index contributed by atoms with van der Waals surface area (Å²) >= 11 is 0. The Hall–Kier alpha value is -0.0400. The maximum atomic E-state index is 4.46. The molecular weight excluding hydrogens is 122 g/mol. The quantitative estimate of drug-likeness (QED) is 0.484. The molecule has 2 rings (SSSR count). The fraction of sp³-hybridized carbons (Fsp3) is 1.00. The Labute approximate surface area is 63.2 Å². The molecule has 1 saturated carbocycles. The molecule has 0 spiro atoms. The van der Waals surface area contributed by atoms with Gasteiger partial charge in [-0.2, -0.15) is 0 Å². The summed E-state index contributed by atoms with van der Waals surface area (Å²) in [6.45, 7) is 2.34. The van der Waals surface area contributed by atoms with Crippen molar-refractivity contribution in [3.8, 4) is 0 Å². The van der Waals surface area contributed by atoms with Crippen LogP contribution < -0.4 is 5.32 Å². The van der Waals surface area contributed by atoms with E-state index in [1.165, 1.54) is 38.6 Å². The van der Waals surface area contributed by atoms with Crippen molar-refractivity contribution < 1.29 is 0 Å². The molecule has 0 aromatic heterocycles. The van der Waals surface area contributed by atoms with Crippen LogP contribution in [0.3, 0.4) is 0 Å². The molecule has 1 saturated heterocycles. The molecular formula is C9H16N. The van der Waals surface area contributed by atoms with Gasteiger partial charge in [-0.25, -0.2) is 5.32 Å². The second kappa shape index (κ2) is 2.91.